The molecule has 2 nitrogen and oxygen atoms in total. The summed E-state index contributed by atoms with van der Waals surface area (Å²) in [5.41, 5.74) is 0. The molecule has 1 aliphatic heterocycles. The maximum absolute atomic E-state index is 5.66. The lowest BCUT2D eigenvalue weighted by atomic mass is 10.00. The van der Waals surface area contributed by atoms with E-state index in [-0.39, 0.29) is 0 Å². The predicted octanol–water partition coefficient (Wildman–Crippen LogP) is 4.28. The molecule has 1 saturated heterocycles. The molecule has 2 atom stereocenters. The van der Waals surface area contributed by atoms with E-state index in [4.69, 9.17) is 4.74 Å². The van der Waals surface area contributed by atoms with Gasteiger partial charge in [-0.3, -0.25) is 0 Å². The monoisotopic (exact) mass is 255 g/mol. The van der Waals surface area contributed by atoms with Crippen molar-refractivity contribution in [2.45, 2.75) is 96.7 Å². The number of nitrogens with one attached hydrogen (secondary N) is 1. The van der Waals surface area contributed by atoms with Gasteiger partial charge in [0.25, 0.3) is 0 Å². The van der Waals surface area contributed by atoms with Crippen LogP contribution in [0.4, 0.5) is 0 Å². The Morgan fingerprint density at radius 2 is 1.67 bits per heavy atom. The van der Waals surface area contributed by atoms with Crippen molar-refractivity contribution in [2.75, 3.05) is 6.61 Å². The fraction of sp³-hybridized carbons (Fsp3) is 1.00. The SMILES string of the molecule is CCCCCC(CCCCC)NC1CCOC1C. The normalized spacial score (nSPS) is 24.0. The number of unbranched alkanes of at least 4 members (excludes halogenated alkanes) is 4. The van der Waals surface area contributed by atoms with Gasteiger partial charge in [-0.15, -0.1) is 0 Å². The molecule has 1 fully saturated rings. The highest BCUT2D eigenvalue weighted by atomic mass is 16.5. The zero-order valence-corrected chi connectivity index (χ0v) is 12.7. The first-order valence-corrected chi connectivity index (χ1v) is 8.15. The molecule has 0 radical (unpaired) electrons. The summed E-state index contributed by atoms with van der Waals surface area (Å²) in [4.78, 5) is 0. The first-order chi connectivity index (χ1) is 8.77. The lowest BCUT2D eigenvalue weighted by Gasteiger charge is -2.25. The number of rotatable bonds is 10. The molecular weight excluding hydrogens is 222 g/mol. The van der Waals surface area contributed by atoms with E-state index in [1.165, 1.54) is 57.8 Å². The van der Waals surface area contributed by atoms with Crippen molar-refractivity contribution in [1.29, 1.82) is 0 Å². The summed E-state index contributed by atoms with van der Waals surface area (Å²) in [6, 6.07) is 1.32. The minimum Gasteiger partial charge on any atom is -0.377 e. The van der Waals surface area contributed by atoms with Gasteiger partial charge in [-0.25, -0.2) is 0 Å². The summed E-state index contributed by atoms with van der Waals surface area (Å²) in [7, 11) is 0. The van der Waals surface area contributed by atoms with Crippen LogP contribution in [0.25, 0.3) is 0 Å². The second-order valence-electron chi connectivity index (χ2n) is 5.83. The second kappa shape index (κ2) is 9.80. The van der Waals surface area contributed by atoms with E-state index in [1.807, 2.05) is 0 Å². The average Bonchev–Trinajstić information content (AvgIpc) is 2.75. The predicted molar refractivity (Wildman–Crippen MR) is 79.0 cm³/mol. The Morgan fingerprint density at radius 3 is 2.11 bits per heavy atom. The zero-order valence-electron chi connectivity index (χ0n) is 12.7. The maximum atomic E-state index is 5.66. The minimum absolute atomic E-state index is 0.407. The Balaban J connectivity index is 2.27. The van der Waals surface area contributed by atoms with Crippen LogP contribution < -0.4 is 5.32 Å². The Kier molecular flexibility index (Phi) is 8.70. The third-order valence-electron chi connectivity index (χ3n) is 4.14. The first kappa shape index (κ1) is 16.0. The van der Waals surface area contributed by atoms with Crippen LogP contribution in [-0.4, -0.2) is 24.8 Å². The van der Waals surface area contributed by atoms with Gasteiger partial charge in [0.1, 0.15) is 0 Å². The summed E-state index contributed by atoms with van der Waals surface area (Å²) in [6.07, 6.45) is 12.5. The molecule has 0 aliphatic carbocycles. The van der Waals surface area contributed by atoms with E-state index in [2.05, 4.69) is 26.1 Å². The highest BCUT2D eigenvalue weighted by molar-refractivity contribution is 4.82. The molecule has 2 heteroatoms. The van der Waals surface area contributed by atoms with Crippen molar-refractivity contribution in [3.8, 4) is 0 Å². The molecule has 2 unspecified atom stereocenters. The van der Waals surface area contributed by atoms with Crippen LogP contribution in [0.5, 0.6) is 0 Å². The number of hydrogen-bond acceptors (Lipinski definition) is 2. The van der Waals surface area contributed by atoms with Crippen molar-refractivity contribution >= 4 is 0 Å². The Labute approximate surface area is 114 Å². The topological polar surface area (TPSA) is 21.3 Å². The molecule has 1 aliphatic rings. The van der Waals surface area contributed by atoms with Crippen LogP contribution in [0.2, 0.25) is 0 Å². The average molecular weight is 255 g/mol. The highest BCUT2D eigenvalue weighted by Crippen LogP contribution is 2.17. The molecule has 1 rings (SSSR count). The van der Waals surface area contributed by atoms with Gasteiger partial charge >= 0.3 is 0 Å². The van der Waals surface area contributed by atoms with Gasteiger partial charge in [0.15, 0.2) is 0 Å². The van der Waals surface area contributed by atoms with Gasteiger partial charge in [0.05, 0.1) is 6.10 Å². The van der Waals surface area contributed by atoms with Crippen molar-refractivity contribution in [2.24, 2.45) is 0 Å². The molecule has 1 heterocycles. The summed E-state index contributed by atoms with van der Waals surface area (Å²) in [5, 5.41) is 3.86. The Morgan fingerprint density at radius 1 is 1.06 bits per heavy atom. The lowest BCUT2D eigenvalue weighted by molar-refractivity contribution is 0.110. The minimum atomic E-state index is 0.407. The fourth-order valence-corrected chi connectivity index (χ4v) is 2.85. The van der Waals surface area contributed by atoms with Gasteiger partial charge in [-0.2, -0.15) is 0 Å². The van der Waals surface area contributed by atoms with E-state index in [0.29, 0.717) is 12.1 Å². The smallest absolute Gasteiger partial charge is 0.0700 e. The second-order valence-corrected chi connectivity index (χ2v) is 5.83. The third kappa shape index (κ3) is 6.19. The Hall–Kier alpha value is -0.0800. The zero-order chi connectivity index (χ0) is 13.2. The molecular formula is C16H33NO. The molecule has 0 aromatic carbocycles. The lowest BCUT2D eigenvalue weighted by Crippen LogP contribution is -2.42. The molecule has 0 saturated carbocycles. The van der Waals surface area contributed by atoms with Gasteiger partial charge in [-0.05, 0) is 26.2 Å². The quantitative estimate of drug-likeness (QED) is 0.588. The van der Waals surface area contributed by atoms with Crippen LogP contribution in [0.3, 0.4) is 0 Å². The number of hydrogen-bond donors (Lipinski definition) is 1. The van der Waals surface area contributed by atoms with Gasteiger partial charge in [-0.1, -0.05) is 52.4 Å². The third-order valence-corrected chi connectivity index (χ3v) is 4.14. The highest BCUT2D eigenvalue weighted by Gasteiger charge is 2.25. The summed E-state index contributed by atoms with van der Waals surface area (Å²) in [6.45, 7) is 7.72. The van der Waals surface area contributed by atoms with Crippen LogP contribution in [0, 0.1) is 0 Å². The van der Waals surface area contributed by atoms with Gasteiger partial charge in [0, 0.05) is 18.7 Å². The van der Waals surface area contributed by atoms with Crippen LogP contribution >= 0.6 is 0 Å². The van der Waals surface area contributed by atoms with E-state index >= 15 is 0 Å². The summed E-state index contributed by atoms with van der Waals surface area (Å²) in [5.74, 6) is 0. The van der Waals surface area contributed by atoms with Crippen molar-refractivity contribution in [3.63, 3.8) is 0 Å². The van der Waals surface area contributed by atoms with E-state index in [0.717, 1.165) is 12.6 Å². The van der Waals surface area contributed by atoms with Crippen LogP contribution in [-0.2, 0) is 4.74 Å². The largest absolute Gasteiger partial charge is 0.377 e. The standard InChI is InChI=1S/C16H33NO/c1-4-6-8-10-15(11-9-7-5-2)17-16-12-13-18-14(16)3/h14-17H,4-13H2,1-3H3. The van der Waals surface area contributed by atoms with E-state index in [1.54, 1.807) is 0 Å². The molecule has 18 heavy (non-hydrogen) atoms. The summed E-state index contributed by atoms with van der Waals surface area (Å²) >= 11 is 0. The maximum Gasteiger partial charge on any atom is 0.0700 e. The number of ether oxygens (including phenoxy) is 1. The van der Waals surface area contributed by atoms with Crippen molar-refractivity contribution in [1.82, 2.24) is 5.32 Å². The molecule has 0 aromatic heterocycles. The van der Waals surface area contributed by atoms with E-state index in [9.17, 15) is 0 Å². The molecule has 0 bridgehead atoms. The fourth-order valence-electron chi connectivity index (χ4n) is 2.85. The molecule has 0 aromatic rings. The van der Waals surface area contributed by atoms with Crippen molar-refractivity contribution in [3.05, 3.63) is 0 Å². The van der Waals surface area contributed by atoms with E-state index < -0.39 is 0 Å². The molecule has 0 spiro atoms. The van der Waals surface area contributed by atoms with Gasteiger partial charge in [0.2, 0.25) is 0 Å². The van der Waals surface area contributed by atoms with Crippen molar-refractivity contribution < 1.29 is 4.74 Å². The summed E-state index contributed by atoms with van der Waals surface area (Å²) < 4.78 is 5.66. The first-order valence-electron chi connectivity index (χ1n) is 8.15. The molecule has 0 amide bonds. The molecule has 1 N–H and O–H groups in total. The van der Waals surface area contributed by atoms with Gasteiger partial charge < -0.3 is 10.1 Å². The van der Waals surface area contributed by atoms with Crippen LogP contribution in [0.15, 0.2) is 0 Å². The van der Waals surface area contributed by atoms with Crippen LogP contribution in [0.1, 0.15) is 78.6 Å². The Bertz CT molecular complexity index is 186. The molecule has 108 valence electrons.